The Hall–Kier alpha value is -2.84. The van der Waals surface area contributed by atoms with Crippen LogP contribution in [-0.4, -0.2) is 17.1 Å². The van der Waals surface area contributed by atoms with E-state index in [0.717, 1.165) is 17.2 Å². The molecular formula is C20H13ClF3N3OS. The zero-order valence-corrected chi connectivity index (χ0v) is 16.5. The maximum Gasteiger partial charge on any atom is 0.418 e. The average Bonchev–Trinajstić information content (AvgIpc) is 3.14. The van der Waals surface area contributed by atoms with Gasteiger partial charge in [0.25, 0.3) is 0 Å². The average molecular weight is 436 g/mol. The van der Waals surface area contributed by atoms with Crippen molar-refractivity contribution in [3.63, 3.8) is 0 Å². The van der Waals surface area contributed by atoms with Crippen LogP contribution >= 0.6 is 22.9 Å². The molecule has 9 heteroatoms. The minimum atomic E-state index is -4.56. The second-order valence-corrected chi connectivity index (χ2v) is 7.39. The third kappa shape index (κ3) is 3.86. The number of anilines is 2. The van der Waals surface area contributed by atoms with Crippen molar-refractivity contribution in [2.24, 2.45) is 0 Å². The fourth-order valence-electron chi connectivity index (χ4n) is 2.94. The van der Waals surface area contributed by atoms with E-state index in [1.54, 1.807) is 7.11 Å². The molecule has 0 atom stereocenters. The van der Waals surface area contributed by atoms with Gasteiger partial charge in [0.2, 0.25) is 0 Å². The minimum Gasteiger partial charge on any atom is -0.497 e. The molecule has 0 unspecified atom stereocenters. The van der Waals surface area contributed by atoms with Gasteiger partial charge in [-0.3, -0.25) is 0 Å². The van der Waals surface area contributed by atoms with Gasteiger partial charge >= 0.3 is 6.18 Å². The topological polar surface area (TPSA) is 47.0 Å². The van der Waals surface area contributed by atoms with Gasteiger partial charge in [0, 0.05) is 16.0 Å². The number of benzene rings is 2. The Morgan fingerprint density at radius 1 is 1.07 bits per heavy atom. The summed E-state index contributed by atoms with van der Waals surface area (Å²) in [5.74, 6) is 0.994. The fourth-order valence-corrected chi connectivity index (χ4v) is 4.03. The summed E-state index contributed by atoms with van der Waals surface area (Å²) in [5.41, 5.74) is 0.701. The van der Waals surface area contributed by atoms with Crippen LogP contribution in [0, 0.1) is 0 Å². The monoisotopic (exact) mass is 435 g/mol. The van der Waals surface area contributed by atoms with Crippen LogP contribution in [0.3, 0.4) is 0 Å². The van der Waals surface area contributed by atoms with Crippen molar-refractivity contribution in [3.8, 4) is 16.9 Å². The normalized spacial score (nSPS) is 11.6. The van der Waals surface area contributed by atoms with Gasteiger partial charge in [0.15, 0.2) is 0 Å². The molecule has 1 N–H and O–H groups in total. The molecule has 0 radical (unpaired) electrons. The number of alkyl halides is 3. The molecule has 0 aliphatic carbocycles. The van der Waals surface area contributed by atoms with Crippen LogP contribution in [0.1, 0.15) is 5.56 Å². The van der Waals surface area contributed by atoms with Crippen LogP contribution < -0.4 is 10.1 Å². The predicted octanol–water partition coefficient (Wildman–Crippen LogP) is 6.78. The van der Waals surface area contributed by atoms with E-state index in [1.807, 2.05) is 29.6 Å². The van der Waals surface area contributed by atoms with E-state index < -0.39 is 11.7 Å². The van der Waals surface area contributed by atoms with Gasteiger partial charge in [-0.1, -0.05) is 23.7 Å². The fraction of sp³-hybridized carbons (Fsp3) is 0.100. The van der Waals surface area contributed by atoms with Crippen LogP contribution in [0.5, 0.6) is 5.75 Å². The predicted molar refractivity (Wildman–Crippen MR) is 109 cm³/mol. The Balaban J connectivity index is 1.83. The van der Waals surface area contributed by atoms with Crippen molar-refractivity contribution >= 4 is 44.7 Å². The zero-order valence-electron chi connectivity index (χ0n) is 14.9. The molecule has 0 saturated carbocycles. The molecule has 4 nitrogen and oxygen atoms in total. The van der Waals surface area contributed by atoms with Crippen molar-refractivity contribution < 1.29 is 17.9 Å². The minimum absolute atomic E-state index is 0.00478. The van der Waals surface area contributed by atoms with E-state index in [1.165, 1.54) is 29.8 Å². The number of methoxy groups -OCH3 is 1. The third-order valence-electron chi connectivity index (χ3n) is 4.31. The lowest BCUT2D eigenvalue weighted by Gasteiger charge is -2.15. The highest BCUT2D eigenvalue weighted by Crippen LogP contribution is 2.41. The number of aromatic nitrogens is 2. The first kappa shape index (κ1) is 19.5. The molecule has 0 saturated heterocycles. The van der Waals surface area contributed by atoms with Crippen molar-refractivity contribution in [1.82, 2.24) is 9.97 Å². The molecule has 2 aromatic heterocycles. The van der Waals surface area contributed by atoms with Crippen molar-refractivity contribution in [3.05, 3.63) is 64.8 Å². The van der Waals surface area contributed by atoms with Crippen LogP contribution in [0.2, 0.25) is 5.02 Å². The maximum atomic E-state index is 13.5. The van der Waals surface area contributed by atoms with Gasteiger partial charge in [0.1, 0.15) is 22.7 Å². The molecule has 0 spiro atoms. The first-order chi connectivity index (χ1) is 13.9. The number of hydrogen-bond acceptors (Lipinski definition) is 5. The number of rotatable bonds is 4. The lowest BCUT2D eigenvalue weighted by atomic mass is 10.1. The van der Waals surface area contributed by atoms with Crippen LogP contribution in [0.4, 0.5) is 24.7 Å². The summed E-state index contributed by atoms with van der Waals surface area (Å²) in [5, 5.41) is 5.37. The van der Waals surface area contributed by atoms with Gasteiger partial charge in [-0.15, -0.1) is 11.3 Å². The highest BCUT2D eigenvalue weighted by molar-refractivity contribution is 7.17. The summed E-state index contributed by atoms with van der Waals surface area (Å²) >= 11 is 7.16. The second-order valence-electron chi connectivity index (χ2n) is 6.09. The lowest BCUT2D eigenvalue weighted by Crippen LogP contribution is -2.09. The van der Waals surface area contributed by atoms with Gasteiger partial charge < -0.3 is 10.1 Å². The molecule has 148 valence electrons. The SMILES string of the molecule is COc1ccc(-c2csc3ncnc(Nc4ccc(Cl)cc4C(F)(F)F)c23)cc1. The van der Waals surface area contributed by atoms with Crippen molar-refractivity contribution in [2.45, 2.75) is 6.18 Å². The van der Waals surface area contributed by atoms with Gasteiger partial charge in [0.05, 0.1) is 23.7 Å². The highest BCUT2D eigenvalue weighted by Gasteiger charge is 2.34. The van der Waals surface area contributed by atoms with E-state index >= 15 is 0 Å². The van der Waals surface area contributed by atoms with Gasteiger partial charge in [-0.2, -0.15) is 13.2 Å². The molecule has 0 amide bonds. The summed E-state index contributed by atoms with van der Waals surface area (Å²) in [6.07, 6.45) is -3.24. The molecule has 4 aromatic rings. The number of halogens is 4. The Labute approximate surface area is 173 Å². The Kier molecular flexibility index (Phi) is 5.06. The number of ether oxygens (including phenoxy) is 1. The number of fused-ring (bicyclic) bond motifs is 1. The molecular weight excluding hydrogens is 423 g/mol. The zero-order chi connectivity index (χ0) is 20.6. The number of thiophene rings is 1. The smallest absolute Gasteiger partial charge is 0.418 e. The molecule has 29 heavy (non-hydrogen) atoms. The number of hydrogen-bond donors (Lipinski definition) is 1. The molecule has 0 aliphatic rings. The van der Waals surface area contributed by atoms with Crippen molar-refractivity contribution in [1.29, 1.82) is 0 Å². The number of nitrogens with zero attached hydrogens (tertiary/aromatic N) is 2. The van der Waals surface area contributed by atoms with E-state index in [2.05, 4.69) is 15.3 Å². The third-order valence-corrected chi connectivity index (χ3v) is 5.43. The summed E-state index contributed by atoms with van der Waals surface area (Å²) in [6, 6.07) is 11.0. The van der Waals surface area contributed by atoms with E-state index in [-0.39, 0.29) is 16.5 Å². The summed E-state index contributed by atoms with van der Waals surface area (Å²) in [7, 11) is 1.58. The molecule has 4 rings (SSSR count). The molecule has 0 bridgehead atoms. The number of nitrogens with one attached hydrogen (secondary N) is 1. The molecule has 2 aromatic carbocycles. The highest BCUT2D eigenvalue weighted by atomic mass is 35.5. The van der Waals surface area contributed by atoms with Crippen molar-refractivity contribution in [2.75, 3.05) is 12.4 Å². The van der Waals surface area contributed by atoms with E-state index in [0.29, 0.717) is 16.0 Å². The maximum absolute atomic E-state index is 13.5. The van der Waals surface area contributed by atoms with E-state index in [9.17, 15) is 13.2 Å². The molecule has 0 aliphatic heterocycles. The molecule has 2 heterocycles. The van der Waals surface area contributed by atoms with Crippen LogP contribution in [0.25, 0.3) is 21.3 Å². The Morgan fingerprint density at radius 2 is 1.83 bits per heavy atom. The Bertz CT molecular complexity index is 1180. The second kappa shape index (κ2) is 7.53. The lowest BCUT2D eigenvalue weighted by molar-refractivity contribution is -0.136. The summed E-state index contributed by atoms with van der Waals surface area (Å²) in [6.45, 7) is 0. The largest absolute Gasteiger partial charge is 0.497 e. The van der Waals surface area contributed by atoms with Gasteiger partial charge in [-0.05, 0) is 35.9 Å². The summed E-state index contributed by atoms with van der Waals surface area (Å²) in [4.78, 5) is 9.11. The first-order valence-corrected chi connectivity index (χ1v) is 9.63. The first-order valence-electron chi connectivity index (χ1n) is 8.37. The van der Waals surface area contributed by atoms with Crippen LogP contribution in [-0.2, 0) is 6.18 Å². The Morgan fingerprint density at radius 3 is 2.52 bits per heavy atom. The molecule has 0 fully saturated rings. The standard InChI is InChI=1S/C20H13ClF3N3OS/c1-28-13-5-2-11(3-6-13)14-9-29-19-17(14)18(25-10-26-19)27-16-7-4-12(21)8-15(16)20(22,23)24/h2-10H,1H3,(H,25,26,27). The van der Waals surface area contributed by atoms with Gasteiger partial charge in [-0.25, -0.2) is 9.97 Å². The quantitative estimate of drug-likeness (QED) is 0.383. The summed E-state index contributed by atoms with van der Waals surface area (Å²) < 4.78 is 45.6. The van der Waals surface area contributed by atoms with Crippen LogP contribution in [0.15, 0.2) is 54.2 Å². The van der Waals surface area contributed by atoms with E-state index in [4.69, 9.17) is 16.3 Å².